The van der Waals surface area contributed by atoms with E-state index in [1.807, 2.05) is 0 Å². The fourth-order valence-corrected chi connectivity index (χ4v) is 1.48. The summed E-state index contributed by atoms with van der Waals surface area (Å²) >= 11 is 0. The van der Waals surface area contributed by atoms with Crippen LogP contribution in [0.25, 0.3) is 0 Å². The van der Waals surface area contributed by atoms with Gasteiger partial charge < -0.3 is 5.11 Å². The summed E-state index contributed by atoms with van der Waals surface area (Å²) in [6, 6.07) is 6.92. The Kier molecular flexibility index (Phi) is 2.65. The highest BCUT2D eigenvalue weighted by Crippen LogP contribution is 2.17. The van der Waals surface area contributed by atoms with Crippen molar-refractivity contribution in [1.82, 2.24) is 5.43 Å². The molecule has 0 bridgehead atoms. The molecule has 0 radical (unpaired) electrons. The van der Waals surface area contributed by atoms with E-state index in [0.717, 1.165) is 6.20 Å². The second-order valence-electron chi connectivity index (χ2n) is 3.42. The van der Waals surface area contributed by atoms with E-state index in [2.05, 4.69) is 5.43 Å². The van der Waals surface area contributed by atoms with Crippen LogP contribution in [0.1, 0.15) is 0 Å². The molecule has 1 aliphatic rings. The first-order chi connectivity index (χ1) is 8.09. The molecule has 1 aromatic rings. The number of amides is 1. The van der Waals surface area contributed by atoms with Gasteiger partial charge in [-0.3, -0.25) is 25.3 Å². The normalized spacial score (nSPS) is 19.5. The number of carbonyl (C=O) groups excluding carboxylic acids is 1. The molecule has 17 heavy (non-hydrogen) atoms. The Labute approximate surface area is 96.1 Å². The largest absolute Gasteiger partial charge is 0.504 e. The molecule has 0 spiro atoms. The highest BCUT2D eigenvalue weighted by atomic mass is 16.6. The van der Waals surface area contributed by atoms with Crippen LogP contribution in [-0.4, -0.2) is 22.0 Å². The van der Waals surface area contributed by atoms with E-state index in [4.69, 9.17) is 0 Å². The first-order valence-corrected chi connectivity index (χ1v) is 4.78. The molecule has 0 aliphatic carbocycles. The fourth-order valence-electron chi connectivity index (χ4n) is 1.48. The maximum Gasteiger partial charge on any atom is 0.348 e. The molecule has 1 unspecified atom stereocenters. The molecule has 1 aliphatic heterocycles. The first kappa shape index (κ1) is 10.9. The fraction of sp³-hybridized carbons (Fsp3) is 0.100. The lowest BCUT2D eigenvalue weighted by Crippen LogP contribution is -2.52. The van der Waals surface area contributed by atoms with Crippen molar-refractivity contribution in [1.29, 1.82) is 0 Å². The Morgan fingerprint density at radius 2 is 2.00 bits per heavy atom. The summed E-state index contributed by atoms with van der Waals surface area (Å²) in [5, 5.41) is 21.2. The standard InChI is InChI=1S/C10H9N3O4/c14-8-6-12(7-4-2-1-3-5-7)11-10(15)9(8)13(16)17/h1-6,9,14H,(H,11,15). The zero-order chi connectivity index (χ0) is 12.4. The molecule has 2 rings (SSSR count). The number of rotatable bonds is 2. The van der Waals surface area contributed by atoms with Gasteiger partial charge in [0.25, 0.3) is 0 Å². The number of benzene rings is 1. The average molecular weight is 235 g/mol. The van der Waals surface area contributed by atoms with Crippen LogP contribution >= 0.6 is 0 Å². The highest BCUT2D eigenvalue weighted by molar-refractivity contribution is 5.86. The summed E-state index contributed by atoms with van der Waals surface area (Å²) < 4.78 is 0. The molecule has 1 aromatic carbocycles. The maximum absolute atomic E-state index is 11.4. The van der Waals surface area contributed by atoms with Crippen LogP contribution in [0.15, 0.2) is 42.3 Å². The van der Waals surface area contributed by atoms with E-state index in [1.165, 1.54) is 5.01 Å². The van der Waals surface area contributed by atoms with Crippen LogP contribution in [-0.2, 0) is 4.79 Å². The number of hydrazine groups is 1. The van der Waals surface area contributed by atoms with Crippen molar-refractivity contribution in [3.63, 3.8) is 0 Å². The van der Waals surface area contributed by atoms with Crippen LogP contribution in [0.2, 0.25) is 0 Å². The average Bonchev–Trinajstić information content (AvgIpc) is 2.28. The molecule has 0 saturated heterocycles. The Balaban J connectivity index is 2.31. The zero-order valence-corrected chi connectivity index (χ0v) is 8.61. The van der Waals surface area contributed by atoms with E-state index in [0.29, 0.717) is 5.69 Å². The molecule has 88 valence electrons. The third kappa shape index (κ3) is 2.03. The number of nitrogens with zero attached hydrogens (tertiary/aromatic N) is 2. The van der Waals surface area contributed by atoms with E-state index >= 15 is 0 Å². The minimum absolute atomic E-state index is 0.592. The van der Waals surface area contributed by atoms with Gasteiger partial charge in [0.15, 0.2) is 5.76 Å². The van der Waals surface area contributed by atoms with Crippen molar-refractivity contribution < 1.29 is 14.8 Å². The van der Waals surface area contributed by atoms with E-state index in [-0.39, 0.29) is 0 Å². The van der Waals surface area contributed by atoms with Gasteiger partial charge in [0.05, 0.1) is 11.9 Å². The van der Waals surface area contributed by atoms with Gasteiger partial charge in [-0.1, -0.05) is 18.2 Å². The summed E-state index contributed by atoms with van der Waals surface area (Å²) in [6.45, 7) is 0. The number of anilines is 1. The predicted octanol–water partition coefficient (Wildman–Crippen LogP) is 0.583. The van der Waals surface area contributed by atoms with Crippen molar-refractivity contribution in [2.45, 2.75) is 6.04 Å². The van der Waals surface area contributed by atoms with Crippen LogP contribution in [0.3, 0.4) is 0 Å². The SMILES string of the molecule is O=C1NN(c2ccccc2)C=C(O)C1[N+](=O)[O-]. The number of nitro groups is 1. The molecule has 0 saturated carbocycles. The van der Waals surface area contributed by atoms with E-state index in [9.17, 15) is 20.0 Å². The third-order valence-corrected chi connectivity index (χ3v) is 2.27. The van der Waals surface area contributed by atoms with E-state index < -0.39 is 22.6 Å². The quantitative estimate of drug-likeness (QED) is 0.577. The molecule has 0 aromatic heterocycles. The van der Waals surface area contributed by atoms with Gasteiger partial charge in [-0.15, -0.1) is 0 Å². The number of aliphatic hydroxyl groups excluding tert-OH is 1. The topological polar surface area (TPSA) is 95.7 Å². The van der Waals surface area contributed by atoms with Gasteiger partial charge in [-0.25, -0.2) is 0 Å². The van der Waals surface area contributed by atoms with Crippen LogP contribution in [0.4, 0.5) is 5.69 Å². The Morgan fingerprint density at radius 1 is 1.35 bits per heavy atom. The smallest absolute Gasteiger partial charge is 0.348 e. The zero-order valence-electron chi connectivity index (χ0n) is 8.61. The summed E-state index contributed by atoms with van der Waals surface area (Å²) in [4.78, 5) is 21.1. The molecule has 2 N–H and O–H groups in total. The second-order valence-corrected chi connectivity index (χ2v) is 3.42. The molecular formula is C10H9N3O4. The number of carbonyl (C=O) groups is 1. The van der Waals surface area contributed by atoms with Crippen LogP contribution in [0.5, 0.6) is 0 Å². The first-order valence-electron chi connectivity index (χ1n) is 4.78. The second kappa shape index (κ2) is 4.12. The van der Waals surface area contributed by atoms with Crippen LogP contribution in [0, 0.1) is 10.1 Å². The number of para-hydroxylation sites is 1. The molecule has 0 fully saturated rings. The number of aliphatic hydroxyl groups is 1. The molecule has 7 heteroatoms. The monoisotopic (exact) mass is 235 g/mol. The molecule has 1 atom stereocenters. The summed E-state index contributed by atoms with van der Waals surface area (Å²) in [6.07, 6.45) is 1.12. The minimum atomic E-state index is -1.74. The van der Waals surface area contributed by atoms with Gasteiger partial charge in [-0.05, 0) is 12.1 Å². The number of hydrogen-bond acceptors (Lipinski definition) is 5. The minimum Gasteiger partial charge on any atom is -0.504 e. The van der Waals surface area contributed by atoms with Gasteiger partial charge in [0.1, 0.15) is 0 Å². The van der Waals surface area contributed by atoms with Crippen molar-refractivity contribution in [2.24, 2.45) is 0 Å². The molecular weight excluding hydrogens is 226 g/mol. The van der Waals surface area contributed by atoms with Gasteiger partial charge in [0, 0.05) is 4.92 Å². The Bertz CT molecular complexity index is 486. The summed E-state index contributed by atoms with van der Waals surface area (Å²) in [5.41, 5.74) is 2.90. The Morgan fingerprint density at radius 3 is 2.53 bits per heavy atom. The Hall–Kier alpha value is -2.57. The molecule has 1 heterocycles. The van der Waals surface area contributed by atoms with Gasteiger partial charge in [-0.2, -0.15) is 0 Å². The third-order valence-electron chi connectivity index (χ3n) is 2.27. The lowest BCUT2D eigenvalue weighted by Gasteiger charge is -2.26. The van der Waals surface area contributed by atoms with Crippen molar-refractivity contribution in [3.8, 4) is 0 Å². The van der Waals surface area contributed by atoms with Crippen molar-refractivity contribution in [3.05, 3.63) is 52.4 Å². The van der Waals surface area contributed by atoms with E-state index in [1.54, 1.807) is 30.3 Å². The van der Waals surface area contributed by atoms with Crippen molar-refractivity contribution in [2.75, 3.05) is 5.01 Å². The number of hydrogen-bond donors (Lipinski definition) is 2. The van der Waals surface area contributed by atoms with Crippen LogP contribution < -0.4 is 10.4 Å². The summed E-state index contributed by atoms with van der Waals surface area (Å²) in [5.74, 6) is -1.47. The van der Waals surface area contributed by atoms with Crippen molar-refractivity contribution >= 4 is 11.6 Å². The van der Waals surface area contributed by atoms with Gasteiger partial charge in [0.2, 0.25) is 0 Å². The predicted molar refractivity (Wildman–Crippen MR) is 58.6 cm³/mol. The molecule has 7 nitrogen and oxygen atoms in total. The lowest BCUT2D eigenvalue weighted by molar-refractivity contribution is -0.502. The molecule has 1 amide bonds. The highest BCUT2D eigenvalue weighted by Gasteiger charge is 2.39. The maximum atomic E-state index is 11.4. The number of nitrogens with one attached hydrogen (secondary N) is 1. The van der Waals surface area contributed by atoms with Gasteiger partial charge >= 0.3 is 11.9 Å². The lowest BCUT2D eigenvalue weighted by atomic mass is 10.2. The summed E-state index contributed by atoms with van der Waals surface area (Å²) in [7, 11) is 0.